The molecule has 18 heavy (non-hydrogen) atoms. The molecule has 0 bridgehead atoms. The van der Waals surface area contributed by atoms with Crippen LogP contribution in [-0.2, 0) is 4.74 Å². The fraction of sp³-hybridized carbons (Fsp3) is 0.500. The Bertz CT molecular complexity index is 385. The second kappa shape index (κ2) is 5.87. The van der Waals surface area contributed by atoms with Gasteiger partial charge in [-0.2, -0.15) is 0 Å². The van der Waals surface area contributed by atoms with Crippen molar-refractivity contribution in [3.63, 3.8) is 0 Å². The molecule has 0 aliphatic rings. The smallest absolute Gasteiger partial charge is 0.410 e. The molecule has 100 valence electrons. The van der Waals surface area contributed by atoms with Gasteiger partial charge in [-0.3, -0.25) is 0 Å². The van der Waals surface area contributed by atoms with E-state index in [9.17, 15) is 4.79 Å². The maximum atomic E-state index is 11.8. The van der Waals surface area contributed by atoms with E-state index in [0.717, 1.165) is 5.56 Å². The van der Waals surface area contributed by atoms with Crippen LogP contribution in [-0.4, -0.2) is 30.2 Å². The first-order chi connectivity index (χ1) is 8.29. The zero-order valence-electron chi connectivity index (χ0n) is 11.5. The van der Waals surface area contributed by atoms with Crippen LogP contribution in [0.5, 0.6) is 0 Å². The minimum absolute atomic E-state index is 0.205. The Kier molecular flexibility index (Phi) is 4.73. The molecule has 2 N–H and O–H groups in total. The normalized spacial score (nSPS) is 12.9. The number of hydrogen-bond acceptors (Lipinski definition) is 3. The van der Waals surface area contributed by atoms with Crippen LogP contribution in [0.1, 0.15) is 32.4 Å². The number of carbonyl (C=O) groups excluding carboxylic acids is 1. The van der Waals surface area contributed by atoms with Gasteiger partial charge >= 0.3 is 6.09 Å². The largest absolute Gasteiger partial charge is 0.444 e. The first-order valence-electron chi connectivity index (χ1n) is 6.04. The van der Waals surface area contributed by atoms with Crippen LogP contribution in [0, 0.1) is 0 Å². The van der Waals surface area contributed by atoms with Gasteiger partial charge in [0.05, 0.1) is 0 Å². The topological polar surface area (TPSA) is 55.6 Å². The average molecular weight is 250 g/mol. The second-order valence-electron chi connectivity index (χ2n) is 5.38. The fourth-order valence-corrected chi connectivity index (χ4v) is 1.52. The number of benzene rings is 1. The van der Waals surface area contributed by atoms with E-state index in [1.54, 1.807) is 7.05 Å². The lowest BCUT2D eigenvalue weighted by atomic mass is 10.1. The molecule has 1 rings (SSSR count). The summed E-state index contributed by atoms with van der Waals surface area (Å²) in [5, 5.41) is 0. The zero-order valence-corrected chi connectivity index (χ0v) is 11.5. The van der Waals surface area contributed by atoms with Gasteiger partial charge in [0.25, 0.3) is 0 Å². The number of hydrogen-bond donors (Lipinski definition) is 1. The van der Waals surface area contributed by atoms with Gasteiger partial charge in [-0.1, -0.05) is 30.3 Å². The van der Waals surface area contributed by atoms with Crippen molar-refractivity contribution < 1.29 is 9.53 Å². The predicted octanol–water partition coefficient (Wildman–Crippen LogP) is 2.55. The lowest BCUT2D eigenvalue weighted by Gasteiger charge is -2.26. The van der Waals surface area contributed by atoms with Crippen LogP contribution in [0.25, 0.3) is 0 Å². The molecule has 0 saturated carbocycles. The van der Waals surface area contributed by atoms with E-state index in [4.69, 9.17) is 10.5 Å². The summed E-state index contributed by atoms with van der Waals surface area (Å²) < 4.78 is 5.27. The van der Waals surface area contributed by atoms with E-state index >= 15 is 0 Å². The molecule has 1 amide bonds. The minimum Gasteiger partial charge on any atom is -0.444 e. The monoisotopic (exact) mass is 250 g/mol. The number of ether oxygens (including phenoxy) is 1. The third-order valence-electron chi connectivity index (χ3n) is 2.40. The van der Waals surface area contributed by atoms with Crippen LogP contribution in [0.4, 0.5) is 4.79 Å². The molecular weight excluding hydrogens is 228 g/mol. The van der Waals surface area contributed by atoms with Gasteiger partial charge in [-0.15, -0.1) is 0 Å². The van der Waals surface area contributed by atoms with Crippen molar-refractivity contribution in [3.8, 4) is 0 Å². The van der Waals surface area contributed by atoms with Crippen molar-refractivity contribution in [1.29, 1.82) is 0 Å². The summed E-state index contributed by atoms with van der Waals surface area (Å²) in [6.45, 7) is 5.96. The molecule has 1 aromatic rings. The summed E-state index contributed by atoms with van der Waals surface area (Å²) in [6, 6.07) is 9.50. The van der Waals surface area contributed by atoms with Gasteiger partial charge in [0.2, 0.25) is 0 Å². The van der Waals surface area contributed by atoms with Crippen molar-refractivity contribution in [2.45, 2.75) is 32.4 Å². The van der Waals surface area contributed by atoms with Crippen LogP contribution in [0.3, 0.4) is 0 Å². The molecule has 0 unspecified atom stereocenters. The molecule has 0 radical (unpaired) electrons. The molecule has 4 heteroatoms. The van der Waals surface area contributed by atoms with Crippen molar-refractivity contribution in [2.75, 3.05) is 13.6 Å². The number of nitrogens with zero attached hydrogens (tertiary/aromatic N) is 1. The van der Waals surface area contributed by atoms with Crippen molar-refractivity contribution in [1.82, 2.24) is 4.90 Å². The molecule has 0 spiro atoms. The molecule has 0 heterocycles. The maximum Gasteiger partial charge on any atom is 0.410 e. The Morgan fingerprint density at radius 2 is 1.89 bits per heavy atom. The molecule has 0 aliphatic heterocycles. The summed E-state index contributed by atoms with van der Waals surface area (Å²) in [4.78, 5) is 13.3. The number of likely N-dealkylation sites (N-methyl/N-ethyl adjacent to an activating group) is 1. The highest BCUT2D eigenvalue weighted by Crippen LogP contribution is 2.13. The van der Waals surface area contributed by atoms with E-state index < -0.39 is 5.60 Å². The summed E-state index contributed by atoms with van der Waals surface area (Å²) in [5.74, 6) is 0. The Hall–Kier alpha value is -1.55. The third kappa shape index (κ3) is 4.75. The molecular formula is C14H22N2O2. The molecule has 0 aliphatic carbocycles. The van der Waals surface area contributed by atoms with Crippen molar-refractivity contribution in [3.05, 3.63) is 35.9 Å². The Morgan fingerprint density at radius 1 is 1.33 bits per heavy atom. The Morgan fingerprint density at radius 3 is 2.39 bits per heavy atom. The van der Waals surface area contributed by atoms with Gasteiger partial charge in [0, 0.05) is 19.6 Å². The maximum absolute atomic E-state index is 11.8. The molecule has 0 fully saturated rings. The van der Waals surface area contributed by atoms with Gasteiger partial charge in [0.1, 0.15) is 5.60 Å². The molecule has 1 aromatic carbocycles. The minimum atomic E-state index is -0.484. The summed E-state index contributed by atoms with van der Waals surface area (Å²) in [7, 11) is 1.69. The Labute approximate surface area is 109 Å². The van der Waals surface area contributed by atoms with Gasteiger partial charge < -0.3 is 15.4 Å². The summed E-state index contributed by atoms with van der Waals surface area (Å²) >= 11 is 0. The summed E-state index contributed by atoms with van der Waals surface area (Å²) in [6.07, 6.45) is -0.353. The standard InChI is InChI=1S/C14H22N2O2/c1-14(2,3)18-13(17)16(4)10-12(15)11-8-6-5-7-9-11/h5-9,12H,10,15H2,1-4H3/t12-/m1/s1. The molecule has 0 saturated heterocycles. The van der Waals surface area contributed by atoms with Crippen LogP contribution < -0.4 is 5.73 Å². The average Bonchev–Trinajstić information content (AvgIpc) is 2.27. The highest BCUT2D eigenvalue weighted by atomic mass is 16.6. The SMILES string of the molecule is CN(C[C@@H](N)c1ccccc1)C(=O)OC(C)(C)C. The molecule has 0 aromatic heterocycles. The highest BCUT2D eigenvalue weighted by Gasteiger charge is 2.21. The van der Waals surface area contributed by atoms with E-state index in [0.29, 0.717) is 6.54 Å². The third-order valence-corrected chi connectivity index (χ3v) is 2.40. The lowest BCUT2D eigenvalue weighted by molar-refractivity contribution is 0.0289. The van der Waals surface area contributed by atoms with Gasteiger partial charge in [-0.05, 0) is 26.3 Å². The molecule has 1 atom stereocenters. The second-order valence-corrected chi connectivity index (χ2v) is 5.38. The predicted molar refractivity (Wildman–Crippen MR) is 72.2 cm³/mol. The Balaban J connectivity index is 2.55. The molecule has 4 nitrogen and oxygen atoms in total. The quantitative estimate of drug-likeness (QED) is 0.897. The highest BCUT2D eigenvalue weighted by molar-refractivity contribution is 5.67. The number of rotatable bonds is 3. The first-order valence-corrected chi connectivity index (χ1v) is 6.04. The van der Waals surface area contributed by atoms with E-state index in [1.807, 2.05) is 51.1 Å². The fourth-order valence-electron chi connectivity index (χ4n) is 1.52. The number of nitrogens with two attached hydrogens (primary N) is 1. The van der Waals surface area contributed by atoms with Gasteiger partial charge in [-0.25, -0.2) is 4.79 Å². The lowest BCUT2D eigenvalue weighted by Crippen LogP contribution is -2.38. The van der Waals surface area contributed by atoms with E-state index in [1.165, 1.54) is 4.90 Å². The zero-order chi connectivity index (χ0) is 13.8. The van der Waals surface area contributed by atoms with Crippen LogP contribution >= 0.6 is 0 Å². The number of carbonyl (C=O) groups is 1. The summed E-state index contributed by atoms with van der Waals surface area (Å²) in [5.41, 5.74) is 6.57. The first kappa shape index (κ1) is 14.5. The van der Waals surface area contributed by atoms with Gasteiger partial charge in [0.15, 0.2) is 0 Å². The van der Waals surface area contributed by atoms with E-state index in [-0.39, 0.29) is 12.1 Å². The van der Waals surface area contributed by atoms with Crippen molar-refractivity contribution >= 4 is 6.09 Å². The van der Waals surface area contributed by atoms with Crippen molar-refractivity contribution in [2.24, 2.45) is 5.73 Å². The van der Waals surface area contributed by atoms with E-state index in [2.05, 4.69) is 0 Å². The van der Waals surface area contributed by atoms with Crippen LogP contribution in [0.15, 0.2) is 30.3 Å². The number of amides is 1. The van der Waals surface area contributed by atoms with Crippen LogP contribution in [0.2, 0.25) is 0 Å².